The molecule has 1 aliphatic carbocycles. The molecule has 2 N–H and O–H groups in total. The fourth-order valence-electron chi connectivity index (χ4n) is 3.68. The summed E-state index contributed by atoms with van der Waals surface area (Å²) in [5.41, 5.74) is 2.21. The van der Waals surface area contributed by atoms with Crippen LogP contribution in [-0.2, 0) is 14.3 Å². The molecular formula is C25H39N3O4. The molecule has 1 aliphatic rings. The van der Waals surface area contributed by atoms with Crippen LogP contribution in [-0.4, -0.2) is 47.0 Å². The quantitative estimate of drug-likeness (QED) is 0.559. The van der Waals surface area contributed by atoms with Crippen LogP contribution in [0.5, 0.6) is 0 Å². The van der Waals surface area contributed by atoms with E-state index in [-0.39, 0.29) is 17.9 Å². The predicted octanol–water partition coefficient (Wildman–Crippen LogP) is 4.17. The van der Waals surface area contributed by atoms with E-state index in [1.165, 1.54) is 0 Å². The molecule has 178 valence electrons. The predicted molar refractivity (Wildman–Crippen MR) is 125 cm³/mol. The minimum atomic E-state index is -0.817. The van der Waals surface area contributed by atoms with Crippen molar-refractivity contribution in [2.24, 2.45) is 0 Å². The summed E-state index contributed by atoms with van der Waals surface area (Å²) in [5.74, 6) is -0.468. The molecule has 3 amide bonds. The monoisotopic (exact) mass is 445 g/mol. The molecule has 1 aromatic carbocycles. The molecule has 0 radical (unpaired) electrons. The van der Waals surface area contributed by atoms with Crippen molar-refractivity contribution < 1.29 is 19.1 Å². The molecule has 0 aliphatic heterocycles. The maximum atomic E-state index is 13.5. The van der Waals surface area contributed by atoms with Gasteiger partial charge in [-0.15, -0.1) is 0 Å². The Bertz CT molecular complexity index is 827. The van der Waals surface area contributed by atoms with E-state index < -0.39 is 23.8 Å². The molecule has 0 saturated heterocycles. The molecule has 1 aromatic rings. The number of unbranched alkanes of at least 4 members (excludes halogenated alkanes) is 1. The van der Waals surface area contributed by atoms with Gasteiger partial charge in [-0.2, -0.15) is 0 Å². The average Bonchev–Trinajstić information content (AvgIpc) is 3.49. The normalized spacial score (nSPS) is 15.5. The van der Waals surface area contributed by atoms with Gasteiger partial charge in [0, 0.05) is 12.6 Å². The zero-order valence-electron chi connectivity index (χ0n) is 20.6. The van der Waals surface area contributed by atoms with E-state index in [1.807, 2.05) is 32.0 Å². The number of carbonyl (C=O) groups is 3. The molecule has 0 bridgehead atoms. The smallest absolute Gasteiger partial charge is 0.408 e. The summed E-state index contributed by atoms with van der Waals surface area (Å²) in [4.78, 5) is 40.8. The number of amides is 3. The second-order valence-corrected chi connectivity index (χ2v) is 9.75. The van der Waals surface area contributed by atoms with Crippen LogP contribution in [0, 0.1) is 13.8 Å². The first-order chi connectivity index (χ1) is 14.9. The topological polar surface area (TPSA) is 87.7 Å². The lowest BCUT2D eigenvalue weighted by atomic mass is 9.96. The van der Waals surface area contributed by atoms with E-state index in [4.69, 9.17) is 4.74 Å². The third-order valence-electron chi connectivity index (χ3n) is 5.37. The van der Waals surface area contributed by atoms with Crippen molar-refractivity contribution >= 4 is 17.9 Å². The van der Waals surface area contributed by atoms with Crippen molar-refractivity contribution in [2.75, 3.05) is 6.54 Å². The summed E-state index contributed by atoms with van der Waals surface area (Å²) in [6, 6.07) is 4.35. The van der Waals surface area contributed by atoms with Crippen LogP contribution in [0.3, 0.4) is 0 Å². The number of hydrogen-bond donors (Lipinski definition) is 2. The lowest BCUT2D eigenvalue weighted by molar-refractivity contribution is -0.142. The summed E-state index contributed by atoms with van der Waals surface area (Å²) in [6.45, 7) is 13.5. The number of benzene rings is 1. The number of aryl methyl sites for hydroxylation is 2. The maximum absolute atomic E-state index is 13.5. The Hall–Kier alpha value is -2.57. The van der Waals surface area contributed by atoms with E-state index >= 15 is 0 Å². The summed E-state index contributed by atoms with van der Waals surface area (Å²) < 4.78 is 5.30. The second-order valence-electron chi connectivity index (χ2n) is 9.75. The fourth-order valence-corrected chi connectivity index (χ4v) is 3.68. The highest BCUT2D eigenvalue weighted by molar-refractivity contribution is 5.92. The van der Waals surface area contributed by atoms with Gasteiger partial charge in [-0.05, 0) is 71.9 Å². The van der Waals surface area contributed by atoms with Gasteiger partial charge in [0.1, 0.15) is 17.7 Å². The van der Waals surface area contributed by atoms with Crippen molar-refractivity contribution in [1.82, 2.24) is 15.5 Å². The number of nitrogens with zero attached hydrogens (tertiary/aromatic N) is 1. The molecule has 1 fully saturated rings. The van der Waals surface area contributed by atoms with Crippen LogP contribution in [0.1, 0.15) is 83.0 Å². The highest BCUT2D eigenvalue weighted by Gasteiger charge is 2.43. The molecule has 2 atom stereocenters. The third kappa shape index (κ3) is 7.24. The number of rotatable bonds is 9. The highest BCUT2D eigenvalue weighted by atomic mass is 16.6. The summed E-state index contributed by atoms with van der Waals surface area (Å²) in [7, 11) is 0. The number of ether oxygens (including phenoxy) is 1. The van der Waals surface area contributed by atoms with E-state index in [9.17, 15) is 14.4 Å². The van der Waals surface area contributed by atoms with Gasteiger partial charge in [0.2, 0.25) is 11.8 Å². The summed E-state index contributed by atoms with van der Waals surface area (Å²) in [6.07, 6.45) is 2.88. The zero-order valence-corrected chi connectivity index (χ0v) is 20.6. The summed E-state index contributed by atoms with van der Waals surface area (Å²) >= 11 is 0. The van der Waals surface area contributed by atoms with Crippen molar-refractivity contribution in [3.05, 3.63) is 34.9 Å². The minimum absolute atomic E-state index is 0.0204. The molecule has 0 heterocycles. The standard InChI is InChI=1S/C25H39N3O4/c1-8-9-14-26-22(29)21(20-13-10-16(2)15-17(20)3)28(19-11-12-19)23(30)18(4)27-24(31)32-25(5,6)7/h10,13,15,18-19,21H,8-9,11-12,14H2,1-7H3,(H,26,29)(H,27,31). The minimum Gasteiger partial charge on any atom is -0.444 e. The SMILES string of the molecule is CCCCNC(=O)C(c1ccc(C)cc1C)N(C(=O)C(C)NC(=O)OC(C)(C)C)C1CC1. The molecular weight excluding hydrogens is 406 g/mol. The first-order valence-electron chi connectivity index (χ1n) is 11.6. The van der Waals surface area contributed by atoms with Crippen molar-refractivity contribution in [3.63, 3.8) is 0 Å². The third-order valence-corrected chi connectivity index (χ3v) is 5.37. The van der Waals surface area contributed by atoms with Gasteiger partial charge >= 0.3 is 6.09 Å². The maximum Gasteiger partial charge on any atom is 0.408 e. The van der Waals surface area contributed by atoms with E-state index in [2.05, 4.69) is 17.6 Å². The Morgan fingerprint density at radius 2 is 1.84 bits per heavy atom. The Kier molecular flexibility index (Phi) is 8.70. The first-order valence-corrected chi connectivity index (χ1v) is 11.6. The first kappa shape index (κ1) is 25.7. The fraction of sp³-hybridized carbons (Fsp3) is 0.640. The molecule has 1 saturated carbocycles. The number of carbonyl (C=O) groups excluding carboxylic acids is 3. The molecule has 2 unspecified atom stereocenters. The lowest BCUT2D eigenvalue weighted by Crippen LogP contribution is -2.53. The van der Waals surface area contributed by atoms with Gasteiger partial charge in [0.15, 0.2) is 0 Å². The van der Waals surface area contributed by atoms with Crippen LogP contribution >= 0.6 is 0 Å². The zero-order chi connectivity index (χ0) is 24.1. The second kappa shape index (κ2) is 10.8. The van der Waals surface area contributed by atoms with Crippen LogP contribution < -0.4 is 10.6 Å². The Morgan fingerprint density at radius 1 is 1.19 bits per heavy atom. The molecule has 7 heteroatoms. The lowest BCUT2D eigenvalue weighted by Gasteiger charge is -2.34. The Morgan fingerprint density at radius 3 is 2.38 bits per heavy atom. The van der Waals surface area contributed by atoms with Crippen LogP contribution in [0.4, 0.5) is 4.79 Å². The van der Waals surface area contributed by atoms with Gasteiger partial charge in [0.05, 0.1) is 0 Å². The Balaban J connectivity index is 2.33. The molecule has 0 spiro atoms. The van der Waals surface area contributed by atoms with Gasteiger partial charge in [-0.25, -0.2) is 4.79 Å². The highest BCUT2D eigenvalue weighted by Crippen LogP contribution is 2.36. The largest absolute Gasteiger partial charge is 0.444 e. The average molecular weight is 446 g/mol. The van der Waals surface area contributed by atoms with Crippen molar-refractivity contribution in [3.8, 4) is 0 Å². The molecule has 2 rings (SSSR count). The van der Waals surface area contributed by atoms with Crippen molar-refractivity contribution in [1.29, 1.82) is 0 Å². The van der Waals surface area contributed by atoms with Gasteiger partial charge in [-0.1, -0.05) is 37.1 Å². The molecule has 0 aromatic heterocycles. The van der Waals surface area contributed by atoms with Gasteiger partial charge in [-0.3, -0.25) is 9.59 Å². The van der Waals surface area contributed by atoms with E-state index in [0.29, 0.717) is 6.54 Å². The summed E-state index contributed by atoms with van der Waals surface area (Å²) in [5, 5.41) is 5.64. The number of hydrogen-bond acceptors (Lipinski definition) is 4. The number of alkyl carbamates (subject to hydrolysis) is 1. The van der Waals surface area contributed by atoms with Crippen molar-refractivity contribution in [2.45, 2.75) is 97.9 Å². The van der Waals surface area contributed by atoms with Crippen LogP contribution in [0.2, 0.25) is 0 Å². The van der Waals surface area contributed by atoms with Gasteiger partial charge in [0.25, 0.3) is 0 Å². The number of nitrogens with one attached hydrogen (secondary N) is 2. The molecule has 32 heavy (non-hydrogen) atoms. The van der Waals surface area contributed by atoms with E-state index in [1.54, 1.807) is 32.6 Å². The Labute approximate surface area is 192 Å². The molecule has 7 nitrogen and oxygen atoms in total. The van der Waals surface area contributed by atoms with Gasteiger partial charge < -0.3 is 20.3 Å². The van der Waals surface area contributed by atoms with Crippen LogP contribution in [0.15, 0.2) is 18.2 Å². The van der Waals surface area contributed by atoms with Crippen LogP contribution in [0.25, 0.3) is 0 Å². The van der Waals surface area contributed by atoms with E-state index in [0.717, 1.165) is 42.4 Å².